The van der Waals surface area contributed by atoms with Crippen LogP contribution in [0.5, 0.6) is 0 Å². The Morgan fingerprint density at radius 1 is 0.564 bits per heavy atom. The predicted octanol–water partition coefficient (Wildman–Crippen LogP) is 10.2. The van der Waals surface area contributed by atoms with Gasteiger partial charge in [0.05, 0.1) is 40.3 Å². The van der Waals surface area contributed by atoms with Gasteiger partial charge in [0, 0.05) is 19.3 Å². The Bertz CT molecular complexity index is 1130. The van der Waals surface area contributed by atoms with Crippen LogP contribution in [0.2, 0.25) is 0 Å². The molecule has 0 aliphatic heterocycles. The van der Waals surface area contributed by atoms with Crippen molar-refractivity contribution in [1.29, 1.82) is 0 Å². The molecule has 0 N–H and O–H groups in total. The number of unbranched alkanes of at least 4 members (excludes halogenated alkanes) is 11. The van der Waals surface area contributed by atoms with Crippen molar-refractivity contribution in [1.82, 2.24) is 0 Å². The highest BCUT2D eigenvalue weighted by Gasteiger charge is 2.25. The Balaban J connectivity index is 4.42. The van der Waals surface area contributed by atoms with Crippen LogP contribution in [0.15, 0.2) is 72.9 Å². The normalized spacial score (nSPS) is 13.7. The number of ether oxygens (including phenoxy) is 3. The van der Waals surface area contributed by atoms with Crippen LogP contribution in [0.3, 0.4) is 0 Å². The molecule has 0 aromatic rings. The summed E-state index contributed by atoms with van der Waals surface area (Å²) in [5.74, 6) is -1.79. The number of rotatable bonds is 37. The van der Waals surface area contributed by atoms with Crippen LogP contribution in [0.1, 0.15) is 155 Å². The Morgan fingerprint density at radius 3 is 1.53 bits per heavy atom. The maximum Gasteiger partial charge on any atom is 0.306 e. The number of hydrogen-bond donors (Lipinski definition) is 0. The molecular formula is C47H79NO7. The summed E-state index contributed by atoms with van der Waals surface area (Å²) in [6.45, 7) is 4.45. The van der Waals surface area contributed by atoms with Gasteiger partial charge in [-0.2, -0.15) is 0 Å². The number of carboxylic acids is 1. The summed E-state index contributed by atoms with van der Waals surface area (Å²) in [7, 11) is 5.38. The topological polar surface area (TPSA) is 102 Å². The summed E-state index contributed by atoms with van der Waals surface area (Å²) in [6.07, 6.45) is 46.4. The molecular weight excluding hydrogens is 691 g/mol. The van der Waals surface area contributed by atoms with Gasteiger partial charge in [-0.05, 0) is 77.0 Å². The number of allylic oxidation sites excluding steroid dienone is 12. The maximum absolute atomic E-state index is 12.7. The Kier molecular flexibility index (Phi) is 35.5. The quantitative estimate of drug-likeness (QED) is 0.0268. The fourth-order valence-corrected chi connectivity index (χ4v) is 5.72. The van der Waals surface area contributed by atoms with Crippen molar-refractivity contribution >= 4 is 17.9 Å². The number of likely N-dealkylation sites (N-methyl/N-ethyl adjacent to an activating group) is 1. The number of esters is 2. The third kappa shape index (κ3) is 36.2. The molecule has 8 heteroatoms. The average molecular weight is 770 g/mol. The smallest absolute Gasteiger partial charge is 0.306 e. The van der Waals surface area contributed by atoms with Crippen molar-refractivity contribution in [2.24, 2.45) is 0 Å². The monoisotopic (exact) mass is 770 g/mol. The standard InChI is InChI=1S/C47H79NO7/c1-6-8-10-12-14-16-18-19-20-21-22-23-24-25-26-28-30-32-34-36-38-46(50)55-43(41-53-40-39-44(47(51)52)48(3,4)5)42-54-45(49)37-35-33-31-29-27-17-15-13-11-9-7-2/h8,10,13-16,19-20,22-23,25-26,43-44H,6-7,9,11-12,17-18,21,24,27-42H2,1-5H3/b10-8+,15-13+,16-14+,20-19+,23-22+,26-25+. The van der Waals surface area contributed by atoms with Crippen molar-refractivity contribution < 1.29 is 38.2 Å². The van der Waals surface area contributed by atoms with E-state index in [0.29, 0.717) is 6.42 Å². The highest BCUT2D eigenvalue weighted by Crippen LogP contribution is 2.12. The van der Waals surface area contributed by atoms with Gasteiger partial charge in [0.2, 0.25) is 0 Å². The molecule has 0 saturated carbocycles. The van der Waals surface area contributed by atoms with E-state index in [9.17, 15) is 19.5 Å². The largest absolute Gasteiger partial charge is 0.544 e. The van der Waals surface area contributed by atoms with Crippen molar-refractivity contribution in [2.75, 3.05) is 41.0 Å². The Hall–Kier alpha value is -3.23. The molecule has 0 aromatic carbocycles. The number of aliphatic carboxylic acids is 1. The maximum atomic E-state index is 12.7. The third-order valence-corrected chi connectivity index (χ3v) is 9.08. The molecule has 0 aliphatic carbocycles. The van der Waals surface area contributed by atoms with E-state index >= 15 is 0 Å². The molecule has 0 aliphatic rings. The molecule has 0 spiro atoms. The molecule has 55 heavy (non-hydrogen) atoms. The first-order valence-electron chi connectivity index (χ1n) is 21.5. The van der Waals surface area contributed by atoms with E-state index in [1.165, 1.54) is 19.3 Å². The summed E-state index contributed by atoms with van der Waals surface area (Å²) in [5.41, 5.74) is 0. The molecule has 2 unspecified atom stereocenters. The Morgan fingerprint density at radius 2 is 1.02 bits per heavy atom. The Labute approximate surface area is 336 Å². The first-order chi connectivity index (χ1) is 26.6. The molecule has 0 radical (unpaired) electrons. The van der Waals surface area contributed by atoms with Crippen LogP contribution < -0.4 is 5.11 Å². The lowest BCUT2D eigenvalue weighted by molar-refractivity contribution is -0.889. The number of carbonyl (C=O) groups excluding carboxylic acids is 3. The third-order valence-electron chi connectivity index (χ3n) is 9.08. The van der Waals surface area contributed by atoms with Gasteiger partial charge in [-0.25, -0.2) is 0 Å². The number of nitrogens with zero attached hydrogens (tertiary/aromatic N) is 1. The predicted molar refractivity (Wildman–Crippen MR) is 226 cm³/mol. The van der Waals surface area contributed by atoms with Crippen LogP contribution in [0, 0.1) is 0 Å². The van der Waals surface area contributed by atoms with E-state index in [0.717, 1.165) is 103 Å². The lowest BCUT2D eigenvalue weighted by Gasteiger charge is -2.34. The summed E-state index contributed by atoms with van der Waals surface area (Å²) >= 11 is 0. The highest BCUT2D eigenvalue weighted by molar-refractivity contribution is 5.70. The van der Waals surface area contributed by atoms with Gasteiger partial charge < -0.3 is 28.6 Å². The van der Waals surface area contributed by atoms with Crippen molar-refractivity contribution in [3.8, 4) is 0 Å². The number of carbonyl (C=O) groups is 3. The molecule has 0 heterocycles. The van der Waals surface area contributed by atoms with Crippen LogP contribution in [0.25, 0.3) is 0 Å². The van der Waals surface area contributed by atoms with Crippen molar-refractivity contribution in [3.63, 3.8) is 0 Å². The zero-order chi connectivity index (χ0) is 40.7. The summed E-state index contributed by atoms with van der Waals surface area (Å²) < 4.78 is 17.1. The molecule has 0 saturated heterocycles. The minimum absolute atomic E-state index is 0.0239. The number of carboxylic acid groups (broad SMARTS) is 1. The van der Waals surface area contributed by atoms with Gasteiger partial charge >= 0.3 is 11.9 Å². The van der Waals surface area contributed by atoms with Gasteiger partial charge in [-0.15, -0.1) is 0 Å². The molecule has 0 amide bonds. The van der Waals surface area contributed by atoms with Gasteiger partial charge in [-0.3, -0.25) is 9.59 Å². The molecule has 2 atom stereocenters. The van der Waals surface area contributed by atoms with Crippen LogP contribution >= 0.6 is 0 Å². The summed E-state index contributed by atoms with van der Waals surface area (Å²) in [4.78, 5) is 36.8. The number of quaternary nitrogens is 1. The lowest BCUT2D eigenvalue weighted by Crippen LogP contribution is -2.55. The highest BCUT2D eigenvalue weighted by atomic mass is 16.6. The molecule has 314 valence electrons. The first kappa shape index (κ1) is 51.8. The van der Waals surface area contributed by atoms with Gasteiger partial charge in [0.25, 0.3) is 0 Å². The second-order valence-corrected chi connectivity index (χ2v) is 15.2. The van der Waals surface area contributed by atoms with Crippen molar-refractivity contribution in [3.05, 3.63) is 72.9 Å². The average Bonchev–Trinajstić information content (AvgIpc) is 3.14. The van der Waals surface area contributed by atoms with E-state index in [1.54, 1.807) is 21.1 Å². The fraction of sp³-hybridized carbons (Fsp3) is 0.681. The fourth-order valence-electron chi connectivity index (χ4n) is 5.72. The zero-order valence-corrected chi connectivity index (χ0v) is 35.6. The summed E-state index contributed by atoms with van der Waals surface area (Å²) in [5, 5.41) is 11.6. The zero-order valence-electron chi connectivity index (χ0n) is 35.6. The minimum Gasteiger partial charge on any atom is -0.544 e. The van der Waals surface area contributed by atoms with Crippen LogP contribution in [-0.4, -0.2) is 75.5 Å². The second kappa shape index (κ2) is 37.7. The molecule has 8 nitrogen and oxygen atoms in total. The van der Waals surface area contributed by atoms with Gasteiger partial charge in [0.15, 0.2) is 6.10 Å². The lowest BCUT2D eigenvalue weighted by atomic mass is 10.1. The van der Waals surface area contributed by atoms with Crippen LogP contribution in [0.4, 0.5) is 0 Å². The van der Waals surface area contributed by atoms with E-state index < -0.39 is 18.1 Å². The second-order valence-electron chi connectivity index (χ2n) is 15.2. The molecule has 0 aromatic heterocycles. The molecule has 0 fully saturated rings. The van der Waals surface area contributed by atoms with E-state index in [1.807, 2.05) is 0 Å². The molecule has 0 rings (SSSR count). The van der Waals surface area contributed by atoms with E-state index in [-0.39, 0.29) is 49.1 Å². The summed E-state index contributed by atoms with van der Waals surface area (Å²) in [6, 6.07) is -0.734. The first-order valence-corrected chi connectivity index (χ1v) is 21.5. The van der Waals surface area contributed by atoms with Gasteiger partial charge in [0.1, 0.15) is 12.6 Å². The minimum atomic E-state index is -1.13. The van der Waals surface area contributed by atoms with Crippen LogP contribution in [-0.2, 0) is 28.6 Å². The molecule has 0 bridgehead atoms. The van der Waals surface area contributed by atoms with Crippen molar-refractivity contribution in [2.45, 2.75) is 167 Å². The SMILES string of the molecule is CC/C=C/C/C=C/C/C=C/C/C=C/C/C=C/CCCCCCC(=O)OC(COCCC(C(=O)[O-])[N+](C)(C)C)COC(=O)CCCCCCC/C=C/CCCC. The van der Waals surface area contributed by atoms with E-state index in [2.05, 4.69) is 86.8 Å². The number of hydrogen-bond acceptors (Lipinski definition) is 7. The van der Waals surface area contributed by atoms with Gasteiger partial charge in [-0.1, -0.05) is 132 Å². The van der Waals surface area contributed by atoms with E-state index in [4.69, 9.17) is 14.2 Å².